The molecule has 228 valence electrons. The minimum absolute atomic E-state index is 0.181. The van der Waals surface area contributed by atoms with E-state index < -0.39 is 10.1 Å². The zero-order valence-corrected chi connectivity index (χ0v) is 26.3. The molecule has 0 saturated heterocycles. The summed E-state index contributed by atoms with van der Waals surface area (Å²) in [5.41, 5.74) is 5.19. The Bertz CT molecular complexity index is 1730. The monoisotopic (exact) mass is 666 g/mol. The molecule has 0 spiro atoms. The molecule has 0 saturated carbocycles. The molecule has 1 aliphatic rings. The number of anilines is 2. The fraction of sp³-hybridized carbons (Fsp3) is 0.276. The molecular formula is C29H30Cl2N3O7S2+. The van der Waals surface area contributed by atoms with E-state index >= 15 is 0 Å². The quantitative estimate of drug-likeness (QED) is 0.0383. The predicted octanol–water partition coefficient (Wildman–Crippen LogP) is 7.08. The van der Waals surface area contributed by atoms with E-state index in [4.69, 9.17) is 32.9 Å². The van der Waals surface area contributed by atoms with Crippen molar-refractivity contribution in [1.29, 1.82) is 0 Å². The first kappa shape index (κ1) is 31.6. The number of halogens is 2. The zero-order chi connectivity index (χ0) is 30.6. The topological polar surface area (TPSA) is 117 Å². The third kappa shape index (κ3) is 7.30. The van der Waals surface area contributed by atoms with E-state index in [-0.39, 0.29) is 18.7 Å². The van der Waals surface area contributed by atoms with Crippen molar-refractivity contribution in [2.45, 2.75) is 26.3 Å². The van der Waals surface area contributed by atoms with Crippen LogP contribution in [0.4, 0.5) is 11.4 Å². The molecule has 14 heteroatoms. The van der Waals surface area contributed by atoms with Gasteiger partial charge in [-0.15, -0.1) is 4.33 Å². The first-order valence-electron chi connectivity index (χ1n) is 13.5. The van der Waals surface area contributed by atoms with Gasteiger partial charge in [0.15, 0.2) is 6.54 Å². The zero-order valence-electron chi connectivity index (χ0n) is 23.2. The summed E-state index contributed by atoms with van der Waals surface area (Å²) in [4.78, 5) is 4.20. The summed E-state index contributed by atoms with van der Waals surface area (Å²) in [5.74, 6) is 1.47. The Balaban J connectivity index is 1.60. The maximum Gasteiger partial charge on any atom is 0.377 e. The van der Waals surface area contributed by atoms with Gasteiger partial charge < -0.3 is 14.2 Å². The van der Waals surface area contributed by atoms with E-state index in [1.807, 2.05) is 78.2 Å². The van der Waals surface area contributed by atoms with Crippen LogP contribution in [0.3, 0.4) is 0 Å². The Morgan fingerprint density at radius 2 is 1.72 bits per heavy atom. The van der Waals surface area contributed by atoms with Crippen LogP contribution in [-0.4, -0.2) is 42.8 Å². The fourth-order valence-corrected chi connectivity index (χ4v) is 6.34. The van der Waals surface area contributed by atoms with Crippen LogP contribution < -0.4 is 14.4 Å². The average Bonchev–Trinajstić information content (AvgIpc) is 3.46. The lowest BCUT2D eigenvalue weighted by molar-refractivity contribution is -0.677. The van der Waals surface area contributed by atoms with Crippen LogP contribution >= 0.6 is 35.2 Å². The van der Waals surface area contributed by atoms with Gasteiger partial charge in [-0.1, -0.05) is 64.6 Å². The number of aromatic nitrogens is 1. The van der Waals surface area contributed by atoms with Crippen LogP contribution in [0.5, 0.6) is 0 Å². The molecule has 1 aliphatic heterocycles. The lowest BCUT2D eigenvalue weighted by Gasteiger charge is -2.23. The van der Waals surface area contributed by atoms with Crippen LogP contribution in [-0.2, 0) is 26.0 Å². The third-order valence-electron chi connectivity index (χ3n) is 7.03. The predicted molar refractivity (Wildman–Crippen MR) is 170 cm³/mol. The number of aryl methyl sites for hydroxylation is 1. The number of hydrogen-bond donors (Lipinski definition) is 2. The van der Waals surface area contributed by atoms with Crippen LogP contribution in [0.1, 0.15) is 25.7 Å². The number of rotatable bonds is 13. The Morgan fingerprint density at radius 3 is 2.40 bits per heavy atom. The molecule has 0 bridgehead atoms. The normalized spacial score (nSPS) is 14.3. The van der Waals surface area contributed by atoms with Gasteiger partial charge in [0, 0.05) is 43.4 Å². The summed E-state index contributed by atoms with van der Waals surface area (Å²) >= 11 is 13.8. The summed E-state index contributed by atoms with van der Waals surface area (Å²) in [6.45, 7) is 3.49. The van der Waals surface area contributed by atoms with E-state index in [1.54, 1.807) is 0 Å². The molecule has 0 radical (unpaired) electrons. The van der Waals surface area contributed by atoms with Gasteiger partial charge in [0.05, 0.1) is 33.2 Å². The molecule has 0 amide bonds. The molecule has 1 aromatic heterocycles. The average molecular weight is 668 g/mol. The summed E-state index contributed by atoms with van der Waals surface area (Å²) in [6.07, 6.45) is 2.76. The van der Waals surface area contributed by atoms with Gasteiger partial charge in [0.25, 0.3) is 15.6 Å². The van der Waals surface area contributed by atoms with Crippen molar-refractivity contribution in [1.82, 2.24) is 0 Å². The summed E-state index contributed by atoms with van der Waals surface area (Å²) in [7, 11) is -4.14. The second kappa shape index (κ2) is 13.9. The highest BCUT2D eigenvalue weighted by Crippen LogP contribution is 2.46. The molecule has 43 heavy (non-hydrogen) atoms. The Labute approximate surface area is 263 Å². The highest BCUT2D eigenvalue weighted by molar-refractivity contribution is 7.94. The summed E-state index contributed by atoms with van der Waals surface area (Å²) in [6, 6.07) is 19.5. The number of fused-ring (bicyclic) bond motifs is 2. The maximum atomic E-state index is 11.5. The van der Waals surface area contributed by atoms with Gasteiger partial charge in [-0.05, 0) is 42.7 Å². The molecule has 3 aromatic carbocycles. The van der Waals surface area contributed by atoms with Crippen LogP contribution in [0.15, 0.2) is 70.9 Å². The lowest BCUT2D eigenvalue weighted by Crippen LogP contribution is -2.37. The molecule has 0 aliphatic carbocycles. The molecule has 2 N–H and O–H groups in total. The van der Waals surface area contributed by atoms with Crippen molar-refractivity contribution < 1.29 is 36.6 Å². The lowest BCUT2D eigenvalue weighted by atomic mass is 10.1. The molecule has 0 unspecified atom stereocenters. The highest BCUT2D eigenvalue weighted by atomic mass is 35.5. The van der Waals surface area contributed by atoms with Crippen molar-refractivity contribution in [3.63, 3.8) is 0 Å². The van der Waals surface area contributed by atoms with Crippen molar-refractivity contribution in [3.05, 3.63) is 82.4 Å². The third-order valence-corrected chi connectivity index (χ3v) is 9.17. The SMILES string of the molecule is CCN1/C(=C\c2oc3ccc(-c4ccccc4)cc3[n+]2CCCS(=O)(=O)O)N(CCCSOOO)c2cc(Cl)c(Cl)cc21. The van der Waals surface area contributed by atoms with Crippen molar-refractivity contribution in [3.8, 4) is 11.1 Å². The summed E-state index contributed by atoms with van der Waals surface area (Å²) in [5, 5.41) is 13.0. The van der Waals surface area contributed by atoms with Gasteiger partial charge in [-0.25, -0.2) is 5.26 Å². The molecule has 0 fully saturated rings. The fourth-order valence-electron chi connectivity index (χ4n) is 5.18. The van der Waals surface area contributed by atoms with Gasteiger partial charge in [-0.3, -0.25) is 4.55 Å². The first-order valence-corrected chi connectivity index (χ1v) is 16.8. The molecular weight excluding hydrogens is 637 g/mol. The van der Waals surface area contributed by atoms with E-state index in [9.17, 15) is 13.0 Å². The van der Waals surface area contributed by atoms with Crippen molar-refractivity contribution in [2.24, 2.45) is 0 Å². The number of nitrogens with zero attached hydrogens (tertiary/aromatic N) is 3. The first-order chi connectivity index (χ1) is 20.7. The van der Waals surface area contributed by atoms with Crippen LogP contribution in [0, 0.1) is 0 Å². The number of benzene rings is 3. The van der Waals surface area contributed by atoms with Crippen molar-refractivity contribution in [2.75, 3.05) is 34.4 Å². The molecule has 4 aromatic rings. The van der Waals surface area contributed by atoms with Crippen LogP contribution in [0.2, 0.25) is 10.0 Å². The van der Waals surface area contributed by atoms with Gasteiger partial charge in [-0.2, -0.15) is 13.0 Å². The molecule has 5 rings (SSSR count). The van der Waals surface area contributed by atoms with Crippen molar-refractivity contribution >= 4 is 73.9 Å². The largest absolute Gasteiger partial charge is 0.398 e. The Morgan fingerprint density at radius 1 is 1.00 bits per heavy atom. The van der Waals surface area contributed by atoms with E-state index in [0.717, 1.165) is 45.9 Å². The Hall–Kier alpha value is -2.81. The van der Waals surface area contributed by atoms with E-state index in [2.05, 4.69) is 19.2 Å². The van der Waals surface area contributed by atoms with E-state index in [1.165, 1.54) is 0 Å². The van der Waals surface area contributed by atoms with Gasteiger partial charge in [0.1, 0.15) is 5.82 Å². The molecule has 2 heterocycles. The van der Waals surface area contributed by atoms with Gasteiger partial charge >= 0.3 is 5.89 Å². The minimum Gasteiger partial charge on any atom is -0.398 e. The van der Waals surface area contributed by atoms with Crippen LogP contribution in [0.25, 0.3) is 28.3 Å². The maximum absolute atomic E-state index is 11.5. The number of hydrogen-bond acceptors (Lipinski definition) is 9. The van der Waals surface area contributed by atoms with Gasteiger partial charge in [0.2, 0.25) is 5.58 Å². The second-order valence-electron chi connectivity index (χ2n) is 9.75. The second-order valence-corrected chi connectivity index (χ2v) is 12.9. The highest BCUT2D eigenvalue weighted by Gasteiger charge is 2.34. The standard InChI is InChI=1S/C29H29Cl2N3O7S2/c1-2-32-24-17-22(30)23(31)18-25(24)33(12-6-14-42-41-40-35)28(32)19-29-34(13-7-15-43(36,37)38)26-16-21(10-11-27(26)39-29)20-8-4-3-5-9-20/h3-5,8-11,16-19H,2,6-7,12-15H2,1H3,(H-,35,36,37,38)/p+1. The van der Waals surface area contributed by atoms with E-state index in [0.29, 0.717) is 46.8 Å². The molecule has 10 nitrogen and oxygen atoms in total. The summed E-state index contributed by atoms with van der Waals surface area (Å²) < 4.78 is 45.3. The number of oxazole rings is 1. The minimum atomic E-state index is -4.14. The smallest absolute Gasteiger partial charge is 0.377 e. The molecule has 0 atom stereocenters. The Kier molecular flexibility index (Phi) is 10.2.